The second kappa shape index (κ2) is 9.61. The summed E-state index contributed by atoms with van der Waals surface area (Å²) in [6, 6.07) is 21.7. The summed E-state index contributed by atoms with van der Waals surface area (Å²) in [5, 5.41) is 2.86. The first-order chi connectivity index (χ1) is 14.8. The molecule has 4 heteroatoms. The summed E-state index contributed by atoms with van der Waals surface area (Å²) in [5.41, 5.74) is 3.47. The highest BCUT2D eigenvalue weighted by molar-refractivity contribution is 6.10. The van der Waals surface area contributed by atoms with Crippen molar-refractivity contribution in [2.75, 3.05) is 11.9 Å². The SMILES string of the molecule is CCCOc1ccc(C(=O)Nc2cccc(C(=O)c3ccc(C(C)(C)C)cc3)c2)cc1. The van der Waals surface area contributed by atoms with Gasteiger partial charge in [-0.15, -0.1) is 0 Å². The molecular formula is C27H29NO3. The van der Waals surface area contributed by atoms with Gasteiger partial charge in [-0.05, 0) is 53.8 Å². The van der Waals surface area contributed by atoms with E-state index < -0.39 is 0 Å². The van der Waals surface area contributed by atoms with E-state index in [1.54, 1.807) is 48.5 Å². The number of benzene rings is 3. The van der Waals surface area contributed by atoms with E-state index in [4.69, 9.17) is 4.74 Å². The quantitative estimate of drug-likeness (QED) is 0.464. The van der Waals surface area contributed by atoms with Crippen LogP contribution in [-0.4, -0.2) is 18.3 Å². The maximum absolute atomic E-state index is 12.9. The van der Waals surface area contributed by atoms with Gasteiger partial charge in [0.25, 0.3) is 5.91 Å². The average molecular weight is 416 g/mol. The second-order valence-corrected chi connectivity index (χ2v) is 8.56. The van der Waals surface area contributed by atoms with Gasteiger partial charge >= 0.3 is 0 Å². The van der Waals surface area contributed by atoms with E-state index in [0.29, 0.717) is 29.0 Å². The summed E-state index contributed by atoms with van der Waals surface area (Å²) in [6.45, 7) is 9.11. The van der Waals surface area contributed by atoms with E-state index in [9.17, 15) is 9.59 Å². The van der Waals surface area contributed by atoms with Gasteiger partial charge in [0, 0.05) is 22.4 Å². The Kier molecular flexibility index (Phi) is 6.91. The summed E-state index contributed by atoms with van der Waals surface area (Å²) in [5.74, 6) is 0.429. The number of hydrogen-bond acceptors (Lipinski definition) is 3. The average Bonchev–Trinajstić information content (AvgIpc) is 2.77. The van der Waals surface area contributed by atoms with E-state index in [0.717, 1.165) is 12.2 Å². The monoisotopic (exact) mass is 415 g/mol. The van der Waals surface area contributed by atoms with Gasteiger partial charge in [-0.1, -0.05) is 64.1 Å². The topological polar surface area (TPSA) is 55.4 Å². The van der Waals surface area contributed by atoms with E-state index in [-0.39, 0.29) is 17.1 Å². The zero-order valence-corrected chi connectivity index (χ0v) is 18.6. The van der Waals surface area contributed by atoms with Crippen molar-refractivity contribution >= 4 is 17.4 Å². The first-order valence-electron chi connectivity index (χ1n) is 10.6. The Morgan fingerprint density at radius 1 is 0.839 bits per heavy atom. The molecule has 0 unspecified atom stereocenters. The molecule has 0 atom stereocenters. The van der Waals surface area contributed by atoms with E-state index in [1.807, 2.05) is 31.2 Å². The fraction of sp³-hybridized carbons (Fsp3) is 0.259. The third kappa shape index (κ3) is 5.82. The van der Waals surface area contributed by atoms with Crippen LogP contribution in [0.5, 0.6) is 5.75 Å². The first-order valence-corrected chi connectivity index (χ1v) is 10.6. The molecule has 0 aliphatic heterocycles. The zero-order chi connectivity index (χ0) is 22.4. The van der Waals surface area contributed by atoms with Crippen LogP contribution < -0.4 is 10.1 Å². The number of carbonyl (C=O) groups is 2. The molecule has 0 saturated heterocycles. The van der Waals surface area contributed by atoms with Gasteiger partial charge in [-0.25, -0.2) is 0 Å². The highest BCUT2D eigenvalue weighted by atomic mass is 16.5. The third-order valence-corrected chi connectivity index (χ3v) is 4.99. The van der Waals surface area contributed by atoms with Crippen LogP contribution in [0, 0.1) is 0 Å². The van der Waals surface area contributed by atoms with E-state index in [1.165, 1.54) is 5.56 Å². The van der Waals surface area contributed by atoms with Crippen molar-refractivity contribution in [1.29, 1.82) is 0 Å². The van der Waals surface area contributed by atoms with Crippen molar-refractivity contribution in [3.8, 4) is 5.75 Å². The van der Waals surface area contributed by atoms with Crippen LogP contribution in [0.1, 0.15) is 66.0 Å². The first kappa shape index (κ1) is 22.3. The molecule has 0 heterocycles. The molecule has 0 fully saturated rings. The summed E-state index contributed by atoms with van der Waals surface area (Å²) in [6.07, 6.45) is 0.929. The smallest absolute Gasteiger partial charge is 0.255 e. The molecule has 0 spiro atoms. The highest BCUT2D eigenvalue weighted by Gasteiger charge is 2.15. The van der Waals surface area contributed by atoms with Crippen molar-refractivity contribution in [3.63, 3.8) is 0 Å². The predicted molar refractivity (Wildman–Crippen MR) is 125 cm³/mol. The number of ketones is 1. The normalized spacial score (nSPS) is 11.1. The Hall–Kier alpha value is -3.40. The number of hydrogen-bond donors (Lipinski definition) is 1. The van der Waals surface area contributed by atoms with Crippen molar-refractivity contribution in [1.82, 2.24) is 0 Å². The Morgan fingerprint density at radius 3 is 2.10 bits per heavy atom. The van der Waals surface area contributed by atoms with Gasteiger partial charge in [0.15, 0.2) is 5.78 Å². The van der Waals surface area contributed by atoms with Crippen molar-refractivity contribution in [2.45, 2.75) is 39.5 Å². The predicted octanol–water partition coefficient (Wildman–Crippen LogP) is 6.26. The minimum absolute atomic E-state index is 0.0338. The largest absolute Gasteiger partial charge is 0.494 e. The molecule has 0 aliphatic rings. The molecule has 1 N–H and O–H groups in total. The van der Waals surface area contributed by atoms with Crippen molar-refractivity contribution in [3.05, 3.63) is 95.1 Å². The van der Waals surface area contributed by atoms with Crippen molar-refractivity contribution < 1.29 is 14.3 Å². The van der Waals surface area contributed by atoms with E-state index in [2.05, 4.69) is 26.1 Å². The van der Waals surface area contributed by atoms with Crippen LogP contribution in [0.2, 0.25) is 0 Å². The number of ether oxygens (including phenoxy) is 1. The molecule has 0 aliphatic carbocycles. The molecule has 0 aromatic heterocycles. The molecule has 0 radical (unpaired) electrons. The van der Waals surface area contributed by atoms with Gasteiger partial charge in [-0.3, -0.25) is 9.59 Å². The third-order valence-electron chi connectivity index (χ3n) is 4.99. The maximum Gasteiger partial charge on any atom is 0.255 e. The maximum atomic E-state index is 12.9. The molecule has 3 aromatic rings. The summed E-state index contributed by atoms with van der Waals surface area (Å²) in [4.78, 5) is 25.5. The Morgan fingerprint density at radius 2 is 1.48 bits per heavy atom. The molecule has 3 rings (SSSR count). The Balaban J connectivity index is 1.71. The van der Waals surface area contributed by atoms with E-state index >= 15 is 0 Å². The molecule has 0 bridgehead atoms. The fourth-order valence-electron chi connectivity index (χ4n) is 3.15. The van der Waals surface area contributed by atoms with Crippen LogP contribution in [-0.2, 0) is 5.41 Å². The number of carbonyl (C=O) groups excluding carboxylic acids is 2. The van der Waals surface area contributed by atoms with Gasteiger partial charge in [0.05, 0.1) is 6.61 Å². The number of rotatable bonds is 7. The van der Waals surface area contributed by atoms with Crippen LogP contribution in [0.25, 0.3) is 0 Å². The number of anilines is 1. The molecule has 1 amide bonds. The lowest BCUT2D eigenvalue weighted by molar-refractivity contribution is 0.102. The summed E-state index contributed by atoms with van der Waals surface area (Å²) >= 11 is 0. The van der Waals surface area contributed by atoms with Gasteiger partial charge < -0.3 is 10.1 Å². The highest BCUT2D eigenvalue weighted by Crippen LogP contribution is 2.23. The second-order valence-electron chi connectivity index (χ2n) is 8.56. The molecule has 160 valence electrons. The van der Waals surface area contributed by atoms with Gasteiger partial charge in [0.2, 0.25) is 0 Å². The molecule has 0 saturated carbocycles. The zero-order valence-electron chi connectivity index (χ0n) is 18.6. The van der Waals surface area contributed by atoms with Gasteiger partial charge in [0.1, 0.15) is 5.75 Å². The molecule has 4 nitrogen and oxygen atoms in total. The lowest BCUT2D eigenvalue weighted by Gasteiger charge is -2.19. The van der Waals surface area contributed by atoms with Crippen molar-refractivity contribution in [2.24, 2.45) is 0 Å². The molecule has 3 aromatic carbocycles. The van der Waals surface area contributed by atoms with Crippen LogP contribution in [0.15, 0.2) is 72.8 Å². The van der Waals surface area contributed by atoms with Crippen LogP contribution in [0.3, 0.4) is 0 Å². The standard InChI is InChI=1S/C27H29NO3/c1-5-17-31-24-15-11-20(12-16-24)26(30)28-23-8-6-7-21(18-23)25(29)19-9-13-22(14-10-19)27(2,3)4/h6-16,18H,5,17H2,1-4H3,(H,28,30). The number of nitrogens with one attached hydrogen (secondary N) is 1. The minimum Gasteiger partial charge on any atom is -0.494 e. The Labute approximate surface area is 184 Å². The van der Waals surface area contributed by atoms with Gasteiger partial charge in [-0.2, -0.15) is 0 Å². The van der Waals surface area contributed by atoms with Crippen LogP contribution >= 0.6 is 0 Å². The summed E-state index contributed by atoms with van der Waals surface area (Å²) < 4.78 is 5.55. The fourth-order valence-corrected chi connectivity index (χ4v) is 3.15. The lowest BCUT2D eigenvalue weighted by Crippen LogP contribution is -2.13. The Bertz CT molecular complexity index is 1050. The lowest BCUT2D eigenvalue weighted by atomic mass is 9.86. The minimum atomic E-state index is -0.235. The van der Waals surface area contributed by atoms with Crippen LogP contribution in [0.4, 0.5) is 5.69 Å². The molecular weight excluding hydrogens is 386 g/mol. The molecule has 31 heavy (non-hydrogen) atoms. The number of amides is 1. The summed E-state index contributed by atoms with van der Waals surface area (Å²) in [7, 11) is 0.